The summed E-state index contributed by atoms with van der Waals surface area (Å²) in [6.07, 6.45) is 0.529. The number of methoxy groups -OCH3 is 2. The zero-order chi connectivity index (χ0) is 16.2. The highest BCUT2D eigenvalue weighted by Gasteiger charge is 2.11. The van der Waals surface area contributed by atoms with Crippen LogP contribution in [-0.4, -0.2) is 24.4 Å². The predicted octanol–water partition coefficient (Wildman–Crippen LogP) is 4.11. The lowest BCUT2D eigenvalue weighted by Gasteiger charge is -2.08. The van der Waals surface area contributed by atoms with Crippen LogP contribution in [0.3, 0.4) is 0 Å². The van der Waals surface area contributed by atoms with Crippen molar-refractivity contribution in [2.45, 2.75) is 6.42 Å². The molecule has 0 N–H and O–H groups in total. The highest BCUT2D eigenvalue weighted by Crippen LogP contribution is 2.29. The summed E-state index contributed by atoms with van der Waals surface area (Å²) in [5, 5.41) is 8.22. The Morgan fingerprint density at radius 3 is 2.57 bits per heavy atom. The molecule has 1 aromatic heterocycles. The molecule has 0 aliphatic heterocycles. The van der Waals surface area contributed by atoms with Crippen molar-refractivity contribution in [1.29, 1.82) is 0 Å². The van der Waals surface area contributed by atoms with Gasteiger partial charge in [0.15, 0.2) is 11.5 Å². The van der Waals surface area contributed by atoms with E-state index in [1.807, 2.05) is 42.5 Å². The molecule has 2 aromatic carbocycles. The molecule has 0 radical (unpaired) electrons. The summed E-state index contributed by atoms with van der Waals surface area (Å²) in [6, 6.07) is 13.5. The summed E-state index contributed by atoms with van der Waals surface area (Å²) in [7, 11) is 3.22. The second-order valence-corrected chi connectivity index (χ2v) is 5.79. The summed E-state index contributed by atoms with van der Waals surface area (Å²) in [5.41, 5.74) is 1.89. The Morgan fingerprint density at radius 1 is 1.00 bits per heavy atom. The van der Waals surface area contributed by atoms with Crippen molar-refractivity contribution in [1.82, 2.24) is 10.2 Å². The third-order valence-electron chi connectivity index (χ3n) is 3.34. The molecule has 0 saturated carbocycles. The minimum Gasteiger partial charge on any atom is -0.493 e. The van der Waals surface area contributed by atoms with Crippen molar-refractivity contribution >= 4 is 15.9 Å². The van der Waals surface area contributed by atoms with Gasteiger partial charge in [-0.1, -0.05) is 28.1 Å². The Balaban J connectivity index is 1.82. The van der Waals surface area contributed by atoms with E-state index in [9.17, 15) is 0 Å². The van der Waals surface area contributed by atoms with E-state index in [4.69, 9.17) is 13.9 Å². The van der Waals surface area contributed by atoms with Gasteiger partial charge < -0.3 is 13.9 Å². The van der Waals surface area contributed by atoms with Gasteiger partial charge in [-0.05, 0) is 35.9 Å². The van der Waals surface area contributed by atoms with Gasteiger partial charge in [0.1, 0.15) is 0 Å². The van der Waals surface area contributed by atoms with E-state index in [0.29, 0.717) is 29.7 Å². The quantitative estimate of drug-likeness (QED) is 0.672. The van der Waals surface area contributed by atoms with Gasteiger partial charge in [-0.3, -0.25) is 0 Å². The molecular formula is C17H15BrN2O3. The monoisotopic (exact) mass is 374 g/mol. The van der Waals surface area contributed by atoms with Crippen LogP contribution < -0.4 is 9.47 Å². The molecule has 0 saturated heterocycles. The number of aromatic nitrogens is 2. The zero-order valence-electron chi connectivity index (χ0n) is 12.7. The molecule has 3 aromatic rings. The fourth-order valence-electron chi connectivity index (χ4n) is 2.23. The first-order valence-electron chi connectivity index (χ1n) is 6.99. The minimum atomic E-state index is 0.502. The molecule has 23 heavy (non-hydrogen) atoms. The lowest BCUT2D eigenvalue weighted by molar-refractivity contribution is 0.354. The van der Waals surface area contributed by atoms with Crippen molar-refractivity contribution in [3.63, 3.8) is 0 Å². The van der Waals surface area contributed by atoms with Gasteiger partial charge >= 0.3 is 0 Å². The number of halogens is 1. The third kappa shape index (κ3) is 3.53. The van der Waals surface area contributed by atoms with Crippen molar-refractivity contribution < 1.29 is 13.9 Å². The highest BCUT2D eigenvalue weighted by atomic mass is 79.9. The fourth-order valence-corrected chi connectivity index (χ4v) is 2.63. The Labute approximate surface area is 142 Å². The molecule has 6 heteroatoms. The maximum absolute atomic E-state index is 5.74. The Hall–Kier alpha value is -2.34. The molecule has 1 heterocycles. The van der Waals surface area contributed by atoms with Crippen molar-refractivity contribution in [2.24, 2.45) is 0 Å². The predicted molar refractivity (Wildman–Crippen MR) is 89.8 cm³/mol. The first-order chi connectivity index (χ1) is 11.2. The number of hydrogen-bond donors (Lipinski definition) is 0. The lowest BCUT2D eigenvalue weighted by Crippen LogP contribution is -1.94. The van der Waals surface area contributed by atoms with Crippen LogP contribution in [0.1, 0.15) is 11.5 Å². The maximum atomic E-state index is 5.74. The standard InChI is InChI=1S/C17H15BrN2O3/c1-21-14-7-6-11(8-15(14)22-2)9-16-19-20-17(23-16)12-4-3-5-13(18)10-12/h3-8,10H,9H2,1-2H3. The lowest BCUT2D eigenvalue weighted by atomic mass is 10.1. The van der Waals surface area contributed by atoms with Crippen molar-refractivity contribution in [3.05, 3.63) is 58.4 Å². The van der Waals surface area contributed by atoms with Crippen LogP contribution in [0.4, 0.5) is 0 Å². The van der Waals surface area contributed by atoms with Gasteiger partial charge in [-0.2, -0.15) is 0 Å². The van der Waals surface area contributed by atoms with E-state index in [2.05, 4.69) is 26.1 Å². The van der Waals surface area contributed by atoms with Crippen molar-refractivity contribution in [3.8, 4) is 23.0 Å². The van der Waals surface area contributed by atoms with E-state index in [1.165, 1.54) is 0 Å². The topological polar surface area (TPSA) is 57.4 Å². The first-order valence-corrected chi connectivity index (χ1v) is 7.78. The Morgan fingerprint density at radius 2 is 1.83 bits per heavy atom. The SMILES string of the molecule is COc1ccc(Cc2nnc(-c3cccc(Br)c3)o2)cc1OC. The summed E-state index contributed by atoms with van der Waals surface area (Å²) in [6.45, 7) is 0. The normalized spacial score (nSPS) is 10.6. The van der Waals surface area contributed by atoms with Crippen LogP contribution >= 0.6 is 15.9 Å². The maximum Gasteiger partial charge on any atom is 0.247 e. The number of hydrogen-bond acceptors (Lipinski definition) is 5. The number of nitrogens with zero attached hydrogens (tertiary/aromatic N) is 2. The van der Waals surface area contributed by atoms with Gasteiger partial charge in [0.25, 0.3) is 0 Å². The molecule has 0 unspecified atom stereocenters. The van der Waals surface area contributed by atoms with Crippen LogP contribution in [0, 0.1) is 0 Å². The molecular weight excluding hydrogens is 360 g/mol. The fraction of sp³-hybridized carbons (Fsp3) is 0.176. The van der Waals surface area contributed by atoms with E-state index < -0.39 is 0 Å². The molecule has 3 rings (SSSR count). The second-order valence-electron chi connectivity index (χ2n) is 4.88. The van der Waals surface area contributed by atoms with Crippen molar-refractivity contribution in [2.75, 3.05) is 14.2 Å². The summed E-state index contributed by atoms with van der Waals surface area (Å²) in [5.74, 6) is 2.42. The number of benzene rings is 2. The summed E-state index contributed by atoms with van der Waals surface area (Å²) >= 11 is 3.43. The van der Waals surface area contributed by atoms with Crippen LogP contribution in [0.15, 0.2) is 51.4 Å². The highest BCUT2D eigenvalue weighted by molar-refractivity contribution is 9.10. The molecule has 5 nitrogen and oxygen atoms in total. The summed E-state index contributed by atoms with van der Waals surface area (Å²) in [4.78, 5) is 0. The smallest absolute Gasteiger partial charge is 0.247 e. The molecule has 118 valence electrons. The molecule has 0 spiro atoms. The van der Waals surface area contributed by atoms with Crippen LogP contribution in [0.5, 0.6) is 11.5 Å². The Bertz CT molecular complexity index is 817. The minimum absolute atomic E-state index is 0.502. The van der Waals surface area contributed by atoms with E-state index >= 15 is 0 Å². The van der Waals surface area contributed by atoms with Gasteiger partial charge in [0, 0.05) is 10.0 Å². The van der Waals surface area contributed by atoms with E-state index in [-0.39, 0.29) is 0 Å². The van der Waals surface area contributed by atoms with Crippen LogP contribution in [0.2, 0.25) is 0 Å². The molecule has 0 bridgehead atoms. The molecule has 0 fully saturated rings. The Kier molecular flexibility index (Phi) is 4.62. The zero-order valence-corrected chi connectivity index (χ0v) is 14.3. The van der Waals surface area contributed by atoms with Crippen LogP contribution in [0.25, 0.3) is 11.5 Å². The second kappa shape index (κ2) is 6.83. The van der Waals surface area contributed by atoms with E-state index in [0.717, 1.165) is 15.6 Å². The molecule has 0 amide bonds. The molecule has 0 aliphatic carbocycles. The van der Waals surface area contributed by atoms with Gasteiger partial charge in [-0.25, -0.2) is 0 Å². The number of ether oxygens (including phenoxy) is 2. The average molecular weight is 375 g/mol. The van der Waals surface area contributed by atoms with E-state index in [1.54, 1.807) is 14.2 Å². The summed E-state index contributed by atoms with van der Waals surface area (Å²) < 4.78 is 17.2. The molecule has 0 aliphatic rings. The van der Waals surface area contributed by atoms with Gasteiger partial charge in [0.2, 0.25) is 11.8 Å². The van der Waals surface area contributed by atoms with Gasteiger partial charge in [0.05, 0.1) is 20.6 Å². The number of rotatable bonds is 5. The van der Waals surface area contributed by atoms with Crippen LogP contribution in [-0.2, 0) is 6.42 Å². The third-order valence-corrected chi connectivity index (χ3v) is 3.83. The van der Waals surface area contributed by atoms with Gasteiger partial charge in [-0.15, -0.1) is 10.2 Å². The average Bonchev–Trinajstić information content (AvgIpc) is 3.03. The first kappa shape index (κ1) is 15.6. The molecule has 0 atom stereocenters. The largest absolute Gasteiger partial charge is 0.493 e.